The summed E-state index contributed by atoms with van der Waals surface area (Å²) in [6.45, 7) is 6.66. The van der Waals surface area contributed by atoms with Gasteiger partial charge in [-0.2, -0.15) is 0 Å². The predicted molar refractivity (Wildman–Crippen MR) is 125 cm³/mol. The molecule has 0 radical (unpaired) electrons. The van der Waals surface area contributed by atoms with Crippen molar-refractivity contribution in [3.8, 4) is 16.9 Å². The van der Waals surface area contributed by atoms with Crippen molar-refractivity contribution < 1.29 is 9.53 Å². The first-order chi connectivity index (χ1) is 13.8. The number of nitrogen functional groups attached to an aromatic ring is 1. The summed E-state index contributed by atoms with van der Waals surface area (Å²) in [5.41, 5.74) is 7.99. The third kappa shape index (κ3) is 3.70. The molecule has 29 heavy (non-hydrogen) atoms. The van der Waals surface area contributed by atoms with Crippen LogP contribution in [0.15, 0.2) is 22.5 Å². The van der Waals surface area contributed by atoms with E-state index < -0.39 is 5.54 Å². The molecule has 4 rings (SSSR count). The molecule has 1 aliphatic heterocycles. The highest BCUT2D eigenvalue weighted by molar-refractivity contribution is 8.01. The fourth-order valence-corrected chi connectivity index (χ4v) is 8.14. The summed E-state index contributed by atoms with van der Waals surface area (Å²) in [5.74, 6) is 1.01. The zero-order valence-corrected chi connectivity index (χ0v) is 20.0. The SMILES string of the molecule is CCOc1ccc2c(c1)-c1c(ssc1=S)C(C)(C)N2C(=O)CSc1nnc(N)s1. The van der Waals surface area contributed by atoms with E-state index in [0.717, 1.165) is 31.3 Å². The molecular formula is C18H18N4O2S5. The molecule has 0 aliphatic carbocycles. The summed E-state index contributed by atoms with van der Waals surface area (Å²) >= 11 is 8.27. The maximum atomic E-state index is 13.4. The number of nitrogens with two attached hydrogens (primary N) is 1. The van der Waals surface area contributed by atoms with Gasteiger partial charge >= 0.3 is 0 Å². The van der Waals surface area contributed by atoms with Gasteiger partial charge in [-0.05, 0) is 39.0 Å². The largest absolute Gasteiger partial charge is 0.494 e. The Balaban J connectivity index is 1.76. The number of rotatable bonds is 5. The number of ether oxygens (including phenoxy) is 1. The van der Waals surface area contributed by atoms with E-state index in [1.165, 1.54) is 23.1 Å². The number of carbonyl (C=O) groups excluding carboxylic acids is 1. The zero-order chi connectivity index (χ0) is 20.8. The molecule has 2 aromatic heterocycles. The number of hydrogen-bond acceptors (Lipinski definition) is 10. The highest BCUT2D eigenvalue weighted by Gasteiger charge is 2.43. The monoisotopic (exact) mass is 482 g/mol. The second-order valence-corrected chi connectivity index (χ2v) is 11.8. The lowest BCUT2D eigenvalue weighted by Gasteiger charge is -2.43. The number of carbonyl (C=O) groups is 1. The van der Waals surface area contributed by atoms with Crippen molar-refractivity contribution in [3.05, 3.63) is 26.9 Å². The Morgan fingerprint density at radius 2 is 2.14 bits per heavy atom. The first-order valence-electron chi connectivity index (χ1n) is 8.78. The van der Waals surface area contributed by atoms with E-state index in [2.05, 4.69) is 24.0 Å². The summed E-state index contributed by atoms with van der Waals surface area (Å²) < 4.78 is 7.23. The fourth-order valence-electron chi connectivity index (χ4n) is 3.38. The number of hydrogen-bond donors (Lipinski definition) is 1. The average molecular weight is 483 g/mol. The van der Waals surface area contributed by atoms with E-state index in [-0.39, 0.29) is 11.7 Å². The number of nitrogens with zero attached hydrogens (tertiary/aromatic N) is 3. The maximum absolute atomic E-state index is 13.4. The van der Waals surface area contributed by atoms with Crippen molar-refractivity contribution >= 4 is 72.7 Å². The van der Waals surface area contributed by atoms with E-state index in [1.807, 2.05) is 30.0 Å². The summed E-state index contributed by atoms with van der Waals surface area (Å²) in [6.07, 6.45) is 0. The number of amides is 1. The van der Waals surface area contributed by atoms with Crippen molar-refractivity contribution in [1.29, 1.82) is 0 Å². The number of benzene rings is 1. The molecule has 11 heteroatoms. The Labute approximate surface area is 189 Å². The first-order valence-corrected chi connectivity index (χ1v) is 13.1. The first kappa shape index (κ1) is 20.7. The van der Waals surface area contributed by atoms with Crippen molar-refractivity contribution in [3.63, 3.8) is 0 Å². The van der Waals surface area contributed by atoms with Gasteiger partial charge in [-0.25, -0.2) is 0 Å². The van der Waals surface area contributed by atoms with Gasteiger partial charge in [-0.15, -0.1) is 10.2 Å². The van der Waals surface area contributed by atoms with Gasteiger partial charge in [0.2, 0.25) is 11.0 Å². The number of thioether (sulfide) groups is 1. The fraction of sp³-hybridized carbons (Fsp3) is 0.333. The molecule has 3 aromatic rings. The normalized spacial score (nSPS) is 14.4. The molecule has 3 heterocycles. The Kier molecular flexibility index (Phi) is 5.68. The Hall–Kier alpha value is -1.53. The van der Waals surface area contributed by atoms with Crippen LogP contribution in [-0.2, 0) is 10.3 Å². The molecule has 152 valence electrons. The summed E-state index contributed by atoms with van der Waals surface area (Å²) in [5, 5.41) is 8.20. The van der Waals surface area contributed by atoms with Crippen LogP contribution >= 0.6 is 56.0 Å². The molecule has 0 spiro atoms. The Bertz CT molecular complexity index is 1130. The molecule has 0 saturated heterocycles. The highest BCUT2D eigenvalue weighted by atomic mass is 32.9. The minimum absolute atomic E-state index is 0.00542. The van der Waals surface area contributed by atoms with E-state index in [0.29, 0.717) is 16.1 Å². The molecule has 1 aliphatic rings. The standard InChI is InChI=1S/C18H18N4O2S5/c1-4-24-9-5-6-11-10(7-9)13-14(28-29-15(13)25)18(2,3)22(11)12(23)8-26-17-21-20-16(19)27-17/h5-7H,4,8H2,1-3H3,(H2,19,20). The average Bonchev–Trinajstić information content (AvgIpc) is 3.27. The van der Waals surface area contributed by atoms with Crippen LogP contribution < -0.4 is 15.4 Å². The molecule has 2 N–H and O–H groups in total. The number of aromatic nitrogens is 2. The topological polar surface area (TPSA) is 81.3 Å². The van der Waals surface area contributed by atoms with E-state index in [9.17, 15) is 4.79 Å². The molecule has 0 bridgehead atoms. The van der Waals surface area contributed by atoms with Crippen LogP contribution in [0.1, 0.15) is 25.6 Å². The summed E-state index contributed by atoms with van der Waals surface area (Å²) in [6, 6.07) is 5.84. The van der Waals surface area contributed by atoms with Gasteiger partial charge in [-0.3, -0.25) is 4.79 Å². The van der Waals surface area contributed by atoms with Gasteiger partial charge in [-0.1, -0.05) is 56.0 Å². The second kappa shape index (κ2) is 7.95. The summed E-state index contributed by atoms with van der Waals surface area (Å²) in [4.78, 5) is 16.3. The van der Waals surface area contributed by atoms with Crippen LogP contribution in [-0.4, -0.2) is 28.5 Å². The second-order valence-electron chi connectivity index (χ2n) is 6.75. The zero-order valence-electron chi connectivity index (χ0n) is 15.9. The van der Waals surface area contributed by atoms with Gasteiger partial charge in [0.25, 0.3) is 0 Å². The van der Waals surface area contributed by atoms with Crippen LogP contribution in [0.2, 0.25) is 0 Å². The lowest BCUT2D eigenvalue weighted by molar-refractivity contribution is -0.117. The Morgan fingerprint density at radius 1 is 1.34 bits per heavy atom. The Morgan fingerprint density at radius 3 is 2.83 bits per heavy atom. The molecule has 0 unspecified atom stereocenters. The molecule has 1 aromatic carbocycles. The van der Waals surface area contributed by atoms with Gasteiger partial charge in [0.1, 0.15) is 9.57 Å². The van der Waals surface area contributed by atoms with Crippen molar-refractivity contribution in [2.24, 2.45) is 0 Å². The highest BCUT2D eigenvalue weighted by Crippen LogP contribution is 2.53. The molecular weight excluding hydrogens is 465 g/mol. The molecule has 1 amide bonds. The quantitative estimate of drug-likeness (QED) is 0.296. The van der Waals surface area contributed by atoms with Crippen LogP contribution in [0.4, 0.5) is 10.8 Å². The predicted octanol–water partition coefficient (Wildman–Crippen LogP) is 5.41. The number of anilines is 2. The van der Waals surface area contributed by atoms with E-state index >= 15 is 0 Å². The van der Waals surface area contributed by atoms with Crippen LogP contribution in [0.5, 0.6) is 5.75 Å². The lowest BCUT2D eigenvalue weighted by Crippen LogP contribution is -2.48. The number of fused-ring (bicyclic) bond motifs is 3. The minimum atomic E-state index is -0.508. The van der Waals surface area contributed by atoms with E-state index in [4.69, 9.17) is 22.7 Å². The van der Waals surface area contributed by atoms with E-state index in [1.54, 1.807) is 20.7 Å². The summed E-state index contributed by atoms with van der Waals surface area (Å²) in [7, 11) is 3.21. The molecule has 0 saturated carbocycles. The minimum Gasteiger partial charge on any atom is -0.494 e. The van der Waals surface area contributed by atoms with Crippen LogP contribution in [0.25, 0.3) is 11.1 Å². The van der Waals surface area contributed by atoms with Gasteiger partial charge in [0.05, 0.1) is 28.5 Å². The van der Waals surface area contributed by atoms with Crippen molar-refractivity contribution in [1.82, 2.24) is 10.2 Å². The van der Waals surface area contributed by atoms with Crippen molar-refractivity contribution in [2.75, 3.05) is 23.0 Å². The van der Waals surface area contributed by atoms with Gasteiger partial charge < -0.3 is 15.4 Å². The lowest BCUT2D eigenvalue weighted by atomic mass is 9.87. The van der Waals surface area contributed by atoms with Gasteiger partial charge in [0.15, 0.2) is 4.34 Å². The third-order valence-electron chi connectivity index (χ3n) is 4.53. The van der Waals surface area contributed by atoms with Crippen LogP contribution in [0, 0.1) is 3.82 Å². The van der Waals surface area contributed by atoms with Gasteiger partial charge in [0, 0.05) is 11.1 Å². The molecule has 0 atom stereocenters. The van der Waals surface area contributed by atoms with Crippen LogP contribution in [0.3, 0.4) is 0 Å². The molecule has 6 nitrogen and oxygen atoms in total. The van der Waals surface area contributed by atoms with Crippen molar-refractivity contribution in [2.45, 2.75) is 30.6 Å². The third-order valence-corrected chi connectivity index (χ3v) is 9.73. The maximum Gasteiger partial charge on any atom is 0.238 e. The molecule has 0 fully saturated rings. The smallest absolute Gasteiger partial charge is 0.238 e.